The molecule has 0 bridgehead atoms. The minimum absolute atomic E-state index is 0.0446. The Bertz CT molecular complexity index is 778. The summed E-state index contributed by atoms with van der Waals surface area (Å²) in [6.07, 6.45) is 5.89. The predicted octanol–water partition coefficient (Wildman–Crippen LogP) is 2.45. The van der Waals surface area contributed by atoms with Crippen molar-refractivity contribution in [3.8, 4) is 0 Å². The van der Waals surface area contributed by atoms with Crippen molar-refractivity contribution in [2.24, 2.45) is 11.1 Å². The van der Waals surface area contributed by atoms with Gasteiger partial charge in [-0.15, -0.1) is 0 Å². The highest BCUT2D eigenvalue weighted by atomic mass is 32.2. The highest BCUT2D eigenvalue weighted by Crippen LogP contribution is 2.41. The first-order chi connectivity index (χ1) is 13.1. The number of rotatable bonds is 4. The maximum Gasteiger partial charge on any atom is 0.147 e. The van der Waals surface area contributed by atoms with Crippen molar-refractivity contribution in [3.63, 3.8) is 0 Å². The summed E-state index contributed by atoms with van der Waals surface area (Å²) in [5, 5.41) is 10.1. The molecule has 27 heavy (non-hydrogen) atoms. The molecule has 0 amide bonds. The second-order valence-corrected chi connectivity index (χ2v) is 8.61. The smallest absolute Gasteiger partial charge is 0.147 e. The monoisotopic (exact) mass is 386 g/mol. The second kappa shape index (κ2) is 7.75. The maximum atomic E-state index is 9.26. The van der Waals surface area contributed by atoms with Crippen LogP contribution in [0.1, 0.15) is 25.3 Å². The molecule has 4 rings (SSSR count). The van der Waals surface area contributed by atoms with Crippen molar-refractivity contribution in [1.82, 2.24) is 9.97 Å². The third-order valence-corrected chi connectivity index (χ3v) is 6.76. The first-order valence-corrected chi connectivity index (χ1v) is 10.2. The van der Waals surface area contributed by atoms with Crippen LogP contribution in [0.3, 0.4) is 0 Å². The van der Waals surface area contributed by atoms with Gasteiger partial charge >= 0.3 is 0 Å². The lowest BCUT2D eigenvalue weighted by molar-refractivity contribution is 0.0974. The van der Waals surface area contributed by atoms with Gasteiger partial charge in [0.25, 0.3) is 0 Å². The van der Waals surface area contributed by atoms with Gasteiger partial charge in [0.2, 0.25) is 0 Å². The van der Waals surface area contributed by atoms with E-state index in [-0.39, 0.29) is 24.2 Å². The molecule has 2 aliphatic heterocycles. The molecule has 3 heterocycles. The van der Waals surface area contributed by atoms with E-state index >= 15 is 0 Å². The molecule has 7 heteroatoms. The molecule has 0 saturated carbocycles. The normalized spacial score (nSPS) is 24.5. The Morgan fingerprint density at radius 3 is 2.74 bits per heavy atom. The van der Waals surface area contributed by atoms with Crippen LogP contribution in [0.2, 0.25) is 0 Å². The molecule has 2 aromatic rings. The summed E-state index contributed by atoms with van der Waals surface area (Å²) in [6.45, 7) is 4.76. The van der Waals surface area contributed by atoms with Crippen LogP contribution in [0.25, 0.3) is 0 Å². The van der Waals surface area contributed by atoms with Gasteiger partial charge in [-0.2, -0.15) is 0 Å². The SMILES string of the molecule is C[C@@H]1OCC2(CCN(c3cnc(Sc4cccc(CO)c4)cn3)CC2)[C@@H]1N. The number of hydrogen-bond donors (Lipinski definition) is 2. The average Bonchev–Trinajstić information content (AvgIpc) is 2.98. The number of aliphatic hydroxyl groups is 1. The predicted molar refractivity (Wildman–Crippen MR) is 106 cm³/mol. The Balaban J connectivity index is 1.38. The Morgan fingerprint density at radius 2 is 2.11 bits per heavy atom. The van der Waals surface area contributed by atoms with Crippen LogP contribution in [0.15, 0.2) is 46.6 Å². The van der Waals surface area contributed by atoms with Crippen LogP contribution < -0.4 is 10.6 Å². The number of aromatic nitrogens is 2. The number of nitrogens with zero attached hydrogens (tertiary/aromatic N) is 3. The third kappa shape index (κ3) is 3.82. The Hall–Kier alpha value is -1.67. The number of hydrogen-bond acceptors (Lipinski definition) is 7. The van der Waals surface area contributed by atoms with Gasteiger partial charge in [-0.05, 0) is 37.5 Å². The van der Waals surface area contributed by atoms with Gasteiger partial charge in [0, 0.05) is 29.4 Å². The topological polar surface area (TPSA) is 84.5 Å². The van der Waals surface area contributed by atoms with Crippen LogP contribution in [0.5, 0.6) is 0 Å². The van der Waals surface area contributed by atoms with Crippen molar-refractivity contribution in [2.75, 3.05) is 24.6 Å². The van der Waals surface area contributed by atoms with Crippen LogP contribution in [0, 0.1) is 5.41 Å². The number of benzene rings is 1. The van der Waals surface area contributed by atoms with Crippen LogP contribution in [-0.2, 0) is 11.3 Å². The fourth-order valence-corrected chi connectivity index (χ4v) is 4.82. The summed E-state index contributed by atoms with van der Waals surface area (Å²) in [4.78, 5) is 12.5. The number of ether oxygens (including phenoxy) is 1. The molecular weight excluding hydrogens is 360 g/mol. The third-order valence-electron chi connectivity index (χ3n) is 5.85. The summed E-state index contributed by atoms with van der Waals surface area (Å²) in [5.74, 6) is 0.916. The minimum atomic E-state index is 0.0446. The van der Waals surface area contributed by atoms with E-state index in [2.05, 4.69) is 21.8 Å². The first kappa shape index (κ1) is 18.7. The highest BCUT2D eigenvalue weighted by molar-refractivity contribution is 7.99. The van der Waals surface area contributed by atoms with Gasteiger partial charge in [0.1, 0.15) is 10.8 Å². The van der Waals surface area contributed by atoms with Gasteiger partial charge in [0.05, 0.1) is 31.7 Å². The molecule has 6 nitrogen and oxygen atoms in total. The van der Waals surface area contributed by atoms with Crippen LogP contribution >= 0.6 is 11.8 Å². The van der Waals surface area contributed by atoms with Gasteiger partial charge in [-0.25, -0.2) is 9.97 Å². The summed E-state index contributed by atoms with van der Waals surface area (Å²) in [7, 11) is 0. The lowest BCUT2D eigenvalue weighted by Crippen LogP contribution is -2.50. The zero-order chi connectivity index (χ0) is 18.9. The molecule has 0 unspecified atom stereocenters. The molecule has 1 aromatic heterocycles. The summed E-state index contributed by atoms with van der Waals surface area (Å²) < 4.78 is 5.80. The molecule has 2 atom stereocenters. The van der Waals surface area contributed by atoms with Crippen LogP contribution in [-0.4, -0.2) is 46.9 Å². The molecule has 144 valence electrons. The fraction of sp³-hybridized carbons (Fsp3) is 0.500. The zero-order valence-electron chi connectivity index (χ0n) is 15.5. The molecule has 0 radical (unpaired) electrons. The molecule has 1 aromatic carbocycles. The van der Waals surface area contributed by atoms with E-state index < -0.39 is 0 Å². The molecule has 3 N–H and O–H groups in total. The highest BCUT2D eigenvalue weighted by Gasteiger charge is 2.47. The summed E-state index contributed by atoms with van der Waals surface area (Å²) in [5.41, 5.74) is 7.42. The molecular formula is C20H26N4O2S. The van der Waals surface area contributed by atoms with Crippen molar-refractivity contribution < 1.29 is 9.84 Å². The largest absolute Gasteiger partial charge is 0.392 e. The van der Waals surface area contributed by atoms with Gasteiger partial charge in [-0.1, -0.05) is 23.9 Å². The van der Waals surface area contributed by atoms with E-state index in [0.29, 0.717) is 0 Å². The first-order valence-electron chi connectivity index (χ1n) is 9.41. The summed E-state index contributed by atoms with van der Waals surface area (Å²) >= 11 is 1.55. The number of piperidine rings is 1. The van der Waals surface area contributed by atoms with Crippen LogP contribution in [0.4, 0.5) is 5.82 Å². The van der Waals surface area contributed by atoms with Gasteiger partial charge < -0.3 is 20.5 Å². The Labute approximate surface area is 164 Å². The lowest BCUT2D eigenvalue weighted by Gasteiger charge is -2.41. The number of anilines is 1. The fourth-order valence-electron chi connectivity index (χ4n) is 4.01. The van der Waals surface area contributed by atoms with Crippen molar-refractivity contribution >= 4 is 17.6 Å². The molecule has 0 aliphatic carbocycles. The van der Waals surface area contributed by atoms with Crippen molar-refractivity contribution in [2.45, 2.75) is 48.4 Å². The standard InChI is InChI=1S/C20H26N4O2S/c1-14-19(21)20(13-26-14)5-7-24(8-6-20)17-10-23-18(11-22-17)27-16-4-2-3-15(9-16)12-25/h2-4,9-11,14,19,25H,5-8,12-13,21H2,1H3/t14-,19+/m0/s1. The van der Waals surface area contributed by atoms with E-state index in [1.165, 1.54) is 0 Å². The lowest BCUT2D eigenvalue weighted by atomic mass is 9.73. The number of nitrogens with two attached hydrogens (primary N) is 1. The van der Waals surface area contributed by atoms with E-state index in [0.717, 1.165) is 53.8 Å². The summed E-state index contributed by atoms with van der Waals surface area (Å²) in [6, 6.07) is 7.95. The number of aliphatic hydroxyl groups excluding tert-OH is 1. The quantitative estimate of drug-likeness (QED) is 0.835. The molecule has 2 fully saturated rings. The van der Waals surface area contributed by atoms with E-state index in [4.69, 9.17) is 10.5 Å². The zero-order valence-corrected chi connectivity index (χ0v) is 16.4. The Kier molecular flexibility index (Phi) is 5.36. The van der Waals surface area contributed by atoms with Gasteiger partial charge in [0.15, 0.2) is 0 Å². The molecule has 2 saturated heterocycles. The molecule has 2 aliphatic rings. The van der Waals surface area contributed by atoms with E-state index in [1.807, 2.05) is 36.7 Å². The molecule has 1 spiro atoms. The van der Waals surface area contributed by atoms with E-state index in [9.17, 15) is 5.11 Å². The minimum Gasteiger partial charge on any atom is -0.392 e. The maximum absolute atomic E-state index is 9.26. The van der Waals surface area contributed by atoms with E-state index in [1.54, 1.807) is 11.8 Å². The Morgan fingerprint density at radius 1 is 1.30 bits per heavy atom. The van der Waals surface area contributed by atoms with Crippen molar-refractivity contribution in [3.05, 3.63) is 42.2 Å². The van der Waals surface area contributed by atoms with Gasteiger partial charge in [-0.3, -0.25) is 0 Å². The van der Waals surface area contributed by atoms with Crippen molar-refractivity contribution in [1.29, 1.82) is 0 Å². The second-order valence-electron chi connectivity index (χ2n) is 7.51. The average molecular weight is 387 g/mol.